The van der Waals surface area contributed by atoms with Crippen molar-refractivity contribution in [1.29, 1.82) is 0 Å². The van der Waals surface area contributed by atoms with E-state index in [1.54, 1.807) is 12.4 Å². The molecule has 3 aromatic heterocycles. The number of halogens is 1. The Bertz CT molecular complexity index is 1110. The standard InChI is InChI=1S/C21H17BrN4S/c22-20-16-3-1-2-4-18(16)27-19(20)13-26-10-7-15-11-24-21(25-17(15)12-26)14-5-8-23-9-6-14/h1-6,8-9,11H,7,10,12-13H2. The van der Waals surface area contributed by atoms with Crippen LogP contribution in [0.25, 0.3) is 21.5 Å². The van der Waals surface area contributed by atoms with Gasteiger partial charge >= 0.3 is 0 Å². The molecule has 0 N–H and O–H groups in total. The fourth-order valence-corrected chi connectivity index (χ4v) is 5.49. The zero-order valence-electron chi connectivity index (χ0n) is 14.6. The van der Waals surface area contributed by atoms with Gasteiger partial charge in [-0.25, -0.2) is 9.97 Å². The van der Waals surface area contributed by atoms with E-state index in [0.717, 1.165) is 43.1 Å². The van der Waals surface area contributed by atoms with Crippen LogP contribution in [0.1, 0.15) is 16.1 Å². The van der Waals surface area contributed by atoms with Gasteiger partial charge in [0, 0.05) is 63.2 Å². The number of hydrogen-bond acceptors (Lipinski definition) is 5. The molecule has 134 valence electrons. The molecule has 4 aromatic rings. The molecule has 4 nitrogen and oxygen atoms in total. The van der Waals surface area contributed by atoms with Gasteiger partial charge in [0.2, 0.25) is 0 Å². The van der Waals surface area contributed by atoms with Gasteiger partial charge in [-0.2, -0.15) is 0 Å². The van der Waals surface area contributed by atoms with Gasteiger partial charge in [0.1, 0.15) is 0 Å². The van der Waals surface area contributed by atoms with Crippen LogP contribution in [0, 0.1) is 0 Å². The molecule has 1 aliphatic heterocycles. The fraction of sp³-hybridized carbons (Fsp3) is 0.190. The Balaban J connectivity index is 1.41. The summed E-state index contributed by atoms with van der Waals surface area (Å²) in [6, 6.07) is 12.5. The molecule has 0 atom stereocenters. The summed E-state index contributed by atoms with van der Waals surface area (Å²) in [4.78, 5) is 17.3. The minimum Gasteiger partial charge on any atom is -0.292 e. The molecule has 5 rings (SSSR count). The fourth-order valence-electron chi connectivity index (χ4n) is 3.50. The highest BCUT2D eigenvalue weighted by atomic mass is 79.9. The first-order valence-electron chi connectivity index (χ1n) is 8.91. The zero-order chi connectivity index (χ0) is 18.2. The normalized spacial score (nSPS) is 14.4. The molecule has 0 bridgehead atoms. The van der Waals surface area contributed by atoms with Crippen molar-refractivity contribution in [3.63, 3.8) is 0 Å². The summed E-state index contributed by atoms with van der Waals surface area (Å²) in [5.74, 6) is 0.779. The second kappa shape index (κ2) is 7.11. The highest BCUT2D eigenvalue weighted by Crippen LogP contribution is 2.36. The van der Waals surface area contributed by atoms with Gasteiger partial charge in [0.15, 0.2) is 5.82 Å². The van der Waals surface area contributed by atoms with Gasteiger partial charge in [-0.1, -0.05) is 18.2 Å². The van der Waals surface area contributed by atoms with Crippen LogP contribution < -0.4 is 0 Å². The van der Waals surface area contributed by atoms with Crippen molar-refractivity contribution in [1.82, 2.24) is 19.9 Å². The van der Waals surface area contributed by atoms with E-state index in [0.29, 0.717) is 0 Å². The molecule has 27 heavy (non-hydrogen) atoms. The predicted molar refractivity (Wildman–Crippen MR) is 113 cm³/mol. The van der Waals surface area contributed by atoms with Gasteiger partial charge in [-0.15, -0.1) is 11.3 Å². The molecule has 6 heteroatoms. The lowest BCUT2D eigenvalue weighted by Gasteiger charge is -2.27. The molecule has 1 aliphatic rings. The topological polar surface area (TPSA) is 41.9 Å². The first kappa shape index (κ1) is 17.0. The summed E-state index contributed by atoms with van der Waals surface area (Å²) in [6.07, 6.45) is 6.55. The van der Waals surface area contributed by atoms with Crippen LogP contribution >= 0.6 is 27.3 Å². The molecular formula is C21H17BrN4S. The van der Waals surface area contributed by atoms with Crippen LogP contribution in [-0.4, -0.2) is 26.4 Å². The molecular weight excluding hydrogens is 420 g/mol. The van der Waals surface area contributed by atoms with Gasteiger partial charge in [-0.3, -0.25) is 9.88 Å². The number of rotatable bonds is 3. The second-order valence-electron chi connectivity index (χ2n) is 6.70. The van der Waals surface area contributed by atoms with E-state index >= 15 is 0 Å². The highest BCUT2D eigenvalue weighted by molar-refractivity contribution is 9.10. The smallest absolute Gasteiger partial charge is 0.159 e. The molecule has 0 saturated carbocycles. The number of benzene rings is 1. The Kier molecular flexibility index (Phi) is 4.47. The van der Waals surface area contributed by atoms with Crippen LogP contribution in [0.2, 0.25) is 0 Å². The van der Waals surface area contributed by atoms with Crippen molar-refractivity contribution in [2.75, 3.05) is 6.54 Å². The van der Waals surface area contributed by atoms with E-state index in [9.17, 15) is 0 Å². The quantitative estimate of drug-likeness (QED) is 0.449. The maximum absolute atomic E-state index is 4.85. The molecule has 0 saturated heterocycles. The van der Waals surface area contributed by atoms with Crippen LogP contribution in [0.15, 0.2) is 59.5 Å². The molecule has 1 aromatic carbocycles. The second-order valence-corrected chi connectivity index (χ2v) is 8.63. The maximum Gasteiger partial charge on any atom is 0.159 e. The van der Waals surface area contributed by atoms with Crippen LogP contribution in [0.5, 0.6) is 0 Å². The molecule has 0 fully saturated rings. The van der Waals surface area contributed by atoms with E-state index in [2.05, 4.69) is 55.1 Å². The average Bonchev–Trinajstić information content (AvgIpc) is 3.04. The lowest BCUT2D eigenvalue weighted by molar-refractivity contribution is 0.243. The van der Waals surface area contributed by atoms with Crippen LogP contribution in [0.4, 0.5) is 0 Å². The first-order chi connectivity index (χ1) is 13.3. The number of fused-ring (bicyclic) bond motifs is 2. The lowest BCUT2D eigenvalue weighted by atomic mass is 10.1. The Hall–Kier alpha value is -2.15. The Morgan fingerprint density at radius 1 is 1.11 bits per heavy atom. The molecule has 0 amide bonds. The zero-order valence-corrected chi connectivity index (χ0v) is 17.0. The summed E-state index contributed by atoms with van der Waals surface area (Å²) < 4.78 is 2.56. The largest absolute Gasteiger partial charge is 0.292 e. The van der Waals surface area contributed by atoms with Gasteiger partial charge in [0.05, 0.1) is 5.69 Å². The summed E-state index contributed by atoms with van der Waals surface area (Å²) in [5, 5.41) is 1.30. The minimum atomic E-state index is 0.779. The molecule has 0 unspecified atom stereocenters. The third kappa shape index (κ3) is 3.29. The Labute approximate surface area is 170 Å². The number of pyridine rings is 1. The minimum absolute atomic E-state index is 0.779. The van der Waals surface area contributed by atoms with Crippen molar-refractivity contribution >= 4 is 37.4 Å². The van der Waals surface area contributed by atoms with Gasteiger partial charge in [0.25, 0.3) is 0 Å². The molecule has 4 heterocycles. The Morgan fingerprint density at radius 3 is 2.81 bits per heavy atom. The molecule has 0 radical (unpaired) electrons. The third-order valence-electron chi connectivity index (χ3n) is 4.93. The van der Waals surface area contributed by atoms with Crippen molar-refractivity contribution in [3.8, 4) is 11.4 Å². The summed E-state index contributed by atoms with van der Waals surface area (Å²) >= 11 is 5.68. The van der Waals surface area contributed by atoms with Crippen LogP contribution in [0.3, 0.4) is 0 Å². The number of hydrogen-bond donors (Lipinski definition) is 0. The summed E-state index contributed by atoms with van der Waals surface area (Å²) in [7, 11) is 0. The monoisotopic (exact) mass is 436 g/mol. The lowest BCUT2D eigenvalue weighted by Crippen LogP contribution is -2.30. The van der Waals surface area contributed by atoms with Crippen molar-refractivity contribution in [2.45, 2.75) is 19.5 Å². The molecule has 0 spiro atoms. The van der Waals surface area contributed by atoms with E-state index in [-0.39, 0.29) is 0 Å². The van der Waals surface area contributed by atoms with Crippen molar-refractivity contribution < 1.29 is 0 Å². The highest BCUT2D eigenvalue weighted by Gasteiger charge is 2.21. The predicted octanol–water partition coefficient (Wildman–Crippen LogP) is 5.07. The number of aromatic nitrogens is 3. The first-order valence-corrected chi connectivity index (χ1v) is 10.5. The van der Waals surface area contributed by atoms with Gasteiger partial charge in [-0.05, 0) is 46.1 Å². The summed E-state index contributed by atoms with van der Waals surface area (Å²) in [5.41, 5.74) is 3.41. The molecule has 0 aliphatic carbocycles. The number of thiophene rings is 1. The van der Waals surface area contributed by atoms with E-state index < -0.39 is 0 Å². The Morgan fingerprint density at radius 2 is 1.96 bits per heavy atom. The van der Waals surface area contributed by atoms with Crippen molar-refractivity contribution in [3.05, 3.63) is 75.6 Å². The van der Waals surface area contributed by atoms with E-state index in [1.807, 2.05) is 29.7 Å². The average molecular weight is 437 g/mol. The van der Waals surface area contributed by atoms with Crippen molar-refractivity contribution in [2.24, 2.45) is 0 Å². The number of nitrogens with zero attached hydrogens (tertiary/aromatic N) is 4. The van der Waals surface area contributed by atoms with Gasteiger partial charge < -0.3 is 0 Å². The van der Waals surface area contributed by atoms with Crippen LogP contribution in [-0.2, 0) is 19.5 Å². The third-order valence-corrected chi connectivity index (χ3v) is 7.26. The SMILES string of the molecule is Brc1c(CN2CCc3cnc(-c4ccncc4)nc3C2)sc2ccccc12. The van der Waals surface area contributed by atoms with E-state index in [4.69, 9.17) is 4.98 Å². The van der Waals surface area contributed by atoms with E-state index in [1.165, 1.54) is 25.0 Å². The summed E-state index contributed by atoms with van der Waals surface area (Å²) in [6.45, 7) is 2.83. The maximum atomic E-state index is 4.85.